The highest BCUT2D eigenvalue weighted by molar-refractivity contribution is 7.90. The van der Waals surface area contributed by atoms with Gasteiger partial charge in [0, 0.05) is 6.54 Å². The van der Waals surface area contributed by atoms with E-state index in [1.54, 1.807) is 20.8 Å². The molecule has 0 unspecified atom stereocenters. The van der Waals surface area contributed by atoms with Crippen LogP contribution in [0.2, 0.25) is 0 Å². The van der Waals surface area contributed by atoms with Crippen LogP contribution in [0.4, 0.5) is 0 Å². The number of nitrogens with one attached hydrogen (secondary N) is 1. The lowest BCUT2D eigenvalue weighted by Crippen LogP contribution is -2.62. The smallest absolute Gasteiger partial charge is 0.216 e. The summed E-state index contributed by atoms with van der Waals surface area (Å²) >= 11 is 0. The second kappa shape index (κ2) is 9.54. The SMILES string of the molecule is CC[C@H]1[C@@H](O)[C@@H]2[C@H](CC[C@]3(C)[C@@H]([C@H](C)CCNS(=O)(=O)C(C)(C)C)CC[C@@H]23)[C@@]2(C)CC[C@@H](O)C[C@@H]12. The first-order chi connectivity index (χ1) is 16.2. The predicted octanol–water partition coefficient (Wildman–Crippen LogP) is 5.36. The first kappa shape index (κ1) is 27.9. The molecule has 4 aliphatic rings. The maximum absolute atomic E-state index is 12.5. The van der Waals surface area contributed by atoms with Crippen LogP contribution in [0.3, 0.4) is 0 Å². The number of hydrogen-bond acceptors (Lipinski definition) is 4. The molecule has 0 spiro atoms. The average molecular weight is 512 g/mol. The molecule has 0 aliphatic heterocycles. The van der Waals surface area contributed by atoms with Gasteiger partial charge in [-0.3, -0.25) is 0 Å². The van der Waals surface area contributed by atoms with E-state index in [1.807, 2.05) is 0 Å². The highest BCUT2D eigenvalue weighted by atomic mass is 32.2. The first-order valence-electron chi connectivity index (χ1n) is 14.5. The Morgan fingerprint density at radius 2 is 1.60 bits per heavy atom. The molecule has 0 aromatic carbocycles. The van der Waals surface area contributed by atoms with E-state index in [9.17, 15) is 18.6 Å². The van der Waals surface area contributed by atoms with Gasteiger partial charge in [0.25, 0.3) is 0 Å². The highest BCUT2D eigenvalue weighted by Gasteiger charge is 2.64. The van der Waals surface area contributed by atoms with Gasteiger partial charge in [-0.1, -0.05) is 34.1 Å². The van der Waals surface area contributed by atoms with Crippen molar-refractivity contribution < 1.29 is 18.6 Å². The Bertz CT molecular complexity index is 868. The van der Waals surface area contributed by atoms with Gasteiger partial charge >= 0.3 is 0 Å². The molecule has 0 aromatic rings. The van der Waals surface area contributed by atoms with E-state index in [4.69, 9.17) is 0 Å². The van der Waals surface area contributed by atoms with Crippen molar-refractivity contribution in [2.24, 2.45) is 52.3 Å². The van der Waals surface area contributed by atoms with Gasteiger partial charge in [-0.25, -0.2) is 13.1 Å². The van der Waals surface area contributed by atoms with Gasteiger partial charge in [0.2, 0.25) is 10.0 Å². The first-order valence-corrected chi connectivity index (χ1v) is 16.0. The van der Waals surface area contributed by atoms with Crippen molar-refractivity contribution in [2.45, 2.75) is 123 Å². The van der Waals surface area contributed by atoms with Crippen LogP contribution >= 0.6 is 0 Å². The number of aliphatic hydroxyl groups is 2. The Labute approximate surface area is 215 Å². The minimum Gasteiger partial charge on any atom is -0.393 e. The molecule has 0 saturated heterocycles. The molecule has 11 atom stereocenters. The van der Waals surface area contributed by atoms with Crippen LogP contribution in [-0.4, -0.2) is 42.1 Å². The molecule has 0 aromatic heterocycles. The standard InChI is InChI=1S/C29H53NO4S/c1-8-20-24-17-19(31)11-14-29(24,7)23-12-15-28(6)21(9-10-22(28)25(23)26(20)32)18(2)13-16-30-35(33,34)27(3,4)5/h18-26,30-32H,8-17H2,1-7H3/t18-,19-,20-,21-,22+,23+,24+,25+,26-,28-,29-/m1/s1. The lowest BCUT2D eigenvalue weighted by Gasteiger charge is -2.64. The molecule has 0 radical (unpaired) electrons. The van der Waals surface area contributed by atoms with Crippen LogP contribution in [0.25, 0.3) is 0 Å². The molecule has 0 heterocycles. The number of rotatable bonds is 6. The van der Waals surface area contributed by atoms with Crippen molar-refractivity contribution in [1.82, 2.24) is 4.72 Å². The van der Waals surface area contributed by atoms with E-state index in [-0.39, 0.29) is 23.0 Å². The molecule has 6 heteroatoms. The van der Waals surface area contributed by atoms with Gasteiger partial charge in [-0.15, -0.1) is 0 Å². The largest absolute Gasteiger partial charge is 0.393 e. The molecule has 204 valence electrons. The Hall–Kier alpha value is -0.170. The van der Waals surface area contributed by atoms with Crippen LogP contribution in [0.1, 0.15) is 106 Å². The maximum atomic E-state index is 12.5. The van der Waals surface area contributed by atoms with Gasteiger partial charge in [-0.05, 0) is 124 Å². The third-order valence-electron chi connectivity index (χ3n) is 11.8. The van der Waals surface area contributed by atoms with Gasteiger partial charge in [0.15, 0.2) is 0 Å². The van der Waals surface area contributed by atoms with E-state index in [0.717, 1.165) is 32.1 Å². The molecule has 0 amide bonds. The number of hydrogen-bond donors (Lipinski definition) is 3. The minimum atomic E-state index is -3.31. The second-order valence-electron chi connectivity index (χ2n) is 14.4. The van der Waals surface area contributed by atoms with Gasteiger partial charge in [0.05, 0.1) is 17.0 Å². The Morgan fingerprint density at radius 3 is 2.23 bits per heavy atom. The average Bonchev–Trinajstić information content (AvgIpc) is 3.11. The van der Waals surface area contributed by atoms with Gasteiger partial charge in [-0.2, -0.15) is 0 Å². The number of sulfonamides is 1. The topological polar surface area (TPSA) is 86.6 Å². The van der Waals surface area contributed by atoms with Crippen molar-refractivity contribution >= 4 is 10.0 Å². The fourth-order valence-electron chi connectivity index (χ4n) is 9.77. The summed E-state index contributed by atoms with van der Waals surface area (Å²) in [6.07, 6.45) is 9.07. The van der Waals surface area contributed by atoms with Crippen LogP contribution in [0.15, 0.2) is 0 Å². The molecule has 4 saturated carbocycles. The molecular weight excluding hydrogens is 458 g/mol. The monoisotopic (exact) mass is 511 g/mol. The van der Waals surface area contributed by atoms with Gasteiger partial charge in [0.1, 0.15) is 0 Å². The maximum Gasteiger partial charge on any atom is 0.216 e. The van der Waals surface area contributed by atoms with Crippen molar-refractivity contribution in [2.75, 3.05) is 6.54 Å². The Balaban J connectivity index is 1.51. The van der Waals surface area contributed by atoms with Crippen molar-refractivity contribution in [3.05, 3.63) is 0 Å². The molecule has 35 heavy (non-hydrogen) atoms. The minimum absolute atomic E-state index is 0.202. The van der Waals surface area contributed by atoms with E-state index >= 15 is 0 Å². The second-order valence-corrected chi connectivity index (χ2v) is 16.9. The molecule has 4 rings (SSSR count). The normalized spacial score (nSPS) is 47.0. The molecule has 4 aliphatic carbocycles. The van der Waals surface area contributed by atoms with Crippen LogP contribution < -0.4 is 4.72 Å². The summed E-state index contributed by atoms with van der Waals surface area (Å²) in [5.41, 5.74) is 0.459. The third kappa shape index (κ3) is 4.55. The molecular formula is C29H53NO4S. The number of fused-ring (bicyclic) bond motifs is 5. The van der Waals surface area contributed by atoms with Crippen LogP contribution in [-0.2, 0) is 10.0 Å². The molecule has 5 nitrogen and oxygen atoms in total. The third-order valence-corrected chi connectivity index (χ3v) is 14.0. The van der Waals surface area contributed by atoms with Crippen LogP contribution in [0, 0.1) is 52.3 Å². The summed E-state index contributed by atoms with van der Waals surface area (Å²) < 4.78 is 27.1. The molecule has 3 N–H and O–H groups in total. The molecule has 0 bridgehead atoms. The summed E-state index contributed by atoms with van der Waals surface area (Å²) in [5.74, 6) is 3.24. The van der Waals surface area contributed by atoms with Gasteiger partial charge < -0.3 is 10.2 Å². The zero-order valence-electron chi connectivity index (χ0n) is 23.4. The summed E-state index contributed by atoms with van der Waals surface area (Å²) in [6, 6.07) is 0. The Morgan fingerprint density at radius 1 is 0.971 bits per heavy atom. The lowest BCUT2D eigenvalue weighted by molar-refractivity contribution is -0.203. The van der Waals surface area contributed by atoms with Crippen LogP contribution in [0.5, 0.6) is 0 Å². The fourth-order valence-corrected chi connectivity index (χ4v) is 10.6. The predicted molar refractivity (Wildman–Crippen MR) is 142 cm³/mol. The lowest BCUT2D eigenvalue weighted by atomic mass is 9.41. The highest BCUT2D eigenvalue weighted by Crippen LogP contribution is 2.69. The summed E-state index contributed by atoms with van der Waals surface area (Å²) in [6.45, 7) is 15.3. The number of aliphatic hydroxyl groups excluding tert-OH is 2. The summed E-state index contributed by atoms with van der Waals surface area (Å²) in [7, 11) is -3.31. The van der Waals surface area contributed by atoms with E-state index in [0.29, 0.717) is 48.0 Å². The summed E-state index contributed by atoms with van der Waals surface area (Å²) in [4.78, 5) is 0. The fraction of sp³-hybridized carbons (Fsp3) is 1.00. The zero-order chi connectivity index (χ0) is 26.0. The van der Waals surface area contributed by atoms with E-state index in [2.05, 4.69) is 32.4 Å². The summed E-state index contributed by atoms with van der Waals surface area (Å²) in [5, 5.41) is 22.3. The van der Waals surface area contributed by atoms with Crippen molar-refractivity contribution in [3.8, 4) is 0 Å². The van der Waals surface area contributed by atoms with Crippen molar-refractivity contribution in [3.63, 3.8) is 0 Å². The van der Waals surface area contributed by atoms with Crippen molar-refractivity contribution in [1.29, 1.82) is 0 Å². The van der Waals surface area contributed by atoms with E-state index in [1.165, 1.54) is 25.7 Å². The van der Waals surface area contributed by atoms with E-state index < -0.39 is 14.8 Å². The quantitative estimate of drug-likeness (QED) is 0.448. The Kier molecular flexibility index (Phi) is 7.59. The zero-order valence-corrected chi connectivity index (χ0v) is 24.2. The molecule has 4 fully saturated rings.